The number of nitrogen functional groups attached to an aromatic ring is 1. The monoisotopic (exact) mass is 345 g/mol. The van der Waals surface area contributed by atoms with Gasteiger partial charge >= 0.3 is 5.97 Å². The smallest absolute Gasteiger partial charge is 0.344 e. The summed E-state index contributed by atoms with van der Waals surface area (Å²) in [6, 6.07) is 4.99. The number of ether oxygens (including phenoxy) is 1. The first-order valence-corrected chi connectivity index (χ1v) is 8.02. The van der Waals surface area contributed by atoms with E-state index in [9.17, 15) is 4.79 Å². The van der Waals surface area contributed by atoms with Crippen LogP contribution in [-0.4, -0.2) is 28.6 Å². The van der Waals surface area contributed by atoms with Gasteiger partial charge in [0, 0.05) is 0 Å². The second kappa shape index (κ2) is 6.60. The average Bonchev–Trinajstić information content (AvgIpc) is 2.79. The fourth-order valence-electron chi connectivity index (χ4n) is 1.76. The lowest BCUT2D eigenvalue weighted by Gasteiger charge is -2.06. The molecular formula is C13H13Cl2N3O2S. The zero-order valence-corrected chi connectivity index (χ0v) is 13.7. The van der Waals surface area contributed by atoms with Gasteiger partial charge in [-0.05, 0) is 31.4 Å². The summed E-state index contributed by atoms with van der Waals surface area (Å²) < 4.78 is 6.46. The maximum absolute atomic E-state index is 12.0. The van der Waals surface area contributed by atoms with E-state index >= 15 is 0 Å². The minimum atomic E-state index is -0.495. The van der Waals surface area contributed by atoms with Gasteiger partial charge in [0.05, 0.1) is 22.3 Å². The number of aromatic nitrogens is 2. The van der Waals surface area contributed by atoms with Crippen molar-refractivity contribution in [1.29, 1.82) is 0 Å². The van der Waals surface area contributed by atoms with Crippen molar-refractivity contribution in [3.05, 3.63) is 33.8 Å². The Morgan fingerprint density at radius 1 is 1.43 bits per heavy atom. The summed E-state index contributed by atoms with van der Waals surface area (Å²) in [5.74, 6) is -0.290. The molecule has 0 unspecified atom stereocenters. The van der Waals surface area contributed by atoms with Crippen molar-refractivity contribution >= 4 is 46.8 Å². The Morgan fingerprint density at radius 2 is 2.14 bits per heavy atom. The minimum absolute atomic E-state index is 0.205. The Kier molecular flexibility index (Phi) is 5.03. The average molecular weight is 346 g/mol. The maximum atomic E-state index is 12.0. The number of carbonyl (C=O) groups excluding carboxylic acids is 1. The first-order valence-electron chi connectivity index (χ1n) is 6.04. The Balaban J connectivity index is 2.55. The molecule has 0 saturated carbocycles. The molecule has 0 fully saturated rings. The van der Waals surface area contributed by atoms with Crippen molar-refractivity contribution in [2.75, 3.05) is 18.6 Å². The number of hydrogen-bond acceptors (Lipinski definition) is 5. The van der Waals surface area contributed by atoms with E-state index in [1.54, 1.807) is 25.1 Å². The maximum Gasteiger partial charge on any atom is 0.344 e. The number of benzene rings is 1. The third kappa shape index (κ3) is 3.12. The lowest BCUT2D eigenvalue weighted by atomic mass is 10.3. The van der Waals surface area contributed by atoms with E-state index in [-0.39, 0.29) is 18.0 Å². The predicted octanol–water partition coefficient (Wildman–Crippen LogP) is 3.66. The van der Waals surface area contributed by atoms with Crippen LogP contribution >= 0.6 is 35.0 Å². The molecule has 1 heterocycles. The highest BCUT2D eigenvalue weighted by Crippen LogP contribution is 2.30. The van der Waals surface area contributed by atoms with Gasteiger partial charge in [0.25, 0.3) is 0 Å². The van der Waals surface area contributed by atoms with E-state index in [1.165, 1.54) is 16.4 Å². The highest BCUT2D eigenvalue weighted by Gasteiger charge is 2.23. The molecule has 21 heavy (non-hydrogen) atoms. The van der Waals surface area contributed by atoms with Gasteiger partial charge in [0.1, 0.15) is 16.4 Å². The fourth-order valence-corrected chi connectivity index (χ4v) is 2.61. The molecule has 0 saturated heterocycles. The van der Waals surface area contributed by atoms with E-state index in [2.05, 4.69) is 5.10 Å². The number of esters is 1. The zero-order chi connectivity index (χ0) is 15.6. The summed E-state index contributed by atoms with van der Waals surface area (Å²) >= 11 is 13.2. The molecule has 0 bridgehead atoms. The minimum Gasteiger partial charge on any atom is -0.462 e. The Hall–Kier alpha value is -1.37. The van der Waals surface area contributed by atoms with Crippen molar-refractivity contribution in [3.8, 4) is 5.69 Å². The van der Waals surface area contributed by atoms with Gasteiger partial charge in [-0.15, -0.1) is 11.8 Å². The number of anilines is 1. The zero-order valence-electron chi connectivity index (χ0n) is 11.4. The van der Waals surface area contributed by atoms with E-state index < -0.39 is 5.97 Å². The van der Waals surface area contributed by atoms with Gasteiger partial charge in [-0.3, -0.25) is 0 Å². The van der Waals surface area contributed by atoms with Crippen LogP contribution in [0.25, 0.3) is 5.69 Å². The van der Waals surface area contributed by atoms with Crippen LogP contribution in [0.2, 0.25) is 10.0 Å². The van der Waals surface area contributed by atoms with Crippen LogP contribution in [0.5, 0.6) is 0 Å². The Bertz CT molecular complexity index is 688. The molecule has 8 heteroatoms. The molecule has 0 atom stereocenters. The molecule has 0 radical (unpaired) electrons. The number of hydrogen-bond donors (Lipinski definition) is 1. The van der Waals surface area contributed by atoms with Crippen LogP contribution in [0.1, 0.15) is 17.3 Å². The van der Waals surface area contributed by atoms with Gasteiger partial charge in [-0.1, -0.05) is 23.2 Å². The van der Waals surface area contributed by atoms with Gasteiger partial charge in [-0.25, -0.2) is 9.48 Å². The second-order valence-corrected chi connectivity index (χ2v) is 5.61. The molecule has 0 aliphatic rings. The molecule has 1 aromatic heterocycles. The SMILES string of the molecule is CCOC(=O)c1c(SC)nn(-c2ccc(Cl)c(Cl)c2)c1N. The largest absolute Gasteiger partial charge is 0.462 e. The number of halogens is 2. The third-order valence-corrected chi connectivity index (χ3v) is 4.12. The van der Waals surface area contributed by atoms with Gasteiger partial charge in [-0.2, -0.15) is 5.10 Å². The Morgan fingerprint density at radius 3 is 2.71 bits per heavy atom. The predicted molar refractivity (Wildman–Crippen MR) is 85.7 cm³/mol. The van der Waals surface area contributed by atoms with Crippen molar-refractivity contribution in [2.24, 2.45) is 0 Å². The summed E-state index contributed by atoms with van der Waals surface area (Å²) in [7, 11) is 0. The standard InChI is InChI=1S/C13H13Cl2N3O2S/c1-3-20-13(19)10-11(16)18(17-12(10)21-2)7-4-5-8(14)9(15)6-7/h4-6H,3,16H2,1-2H3. The van der Waals surface area contributed by atoms with Crippen LogP contribution in [0.15, 0.2) is 23.2 Å². The number of rotatable bonds is 4. The molecule has 0 amide bonds. The third-order valence-electron chi connectivity index (χ3n) is 2.71. The number of carbonyl (C=O) groups is 1. The van der Waals surface area contributed by atoms with Crippen LogP contribution < -0.4 is 5.73 Å². The van der Waals surface area contributed by atoms with E-state index in [4.69, 9.17) is 33.7 Å². The molecule has 0 spiro atoms. The topological polar surface area (TPSA) is 70.1 Å². The summed E-state index contributed by atoms with van der Waals surface area (Å²) in [5.41, 5.74) is 6.92. The molecule has 0 aliphatic carbocycles. The first kappa shape index (κ1) is 16.0. The van der Waals surface area contributed by atoms with Crippen molar-refractivity contribution < 1.29 is 9.53 Å². The van der Waals surface area contributed by atoms with Gasteiger partial charge < -0.3 is 10.5 Å². The van der Waals surface area contributed by atoms with Crippen molar-refractivity contribution in [3.63, 3.8) is 0 Å². The van der Waals surface area contributed by atoms with Gasteiger partial charge in [0.2, 0.25) is 0 Å². The summed E-state index contributed by atoms with van der Waals surface area (Å²) in [5, 5.41) is 5.64. The van der Waals surface area contributed by atoms with Crippen LogP contribution in [0.3, 0.4) is 0 Å². The molecule has 0 aliphatic heterocycles. The lowest BCUT2D eigenvalue weighted by molar-refractivity contribution is 0.0523. The van der Waals surface area contributed by atoms with Crippen molar-refractivity contribution in [1.82, 2.24) is 9.78 Å². The number of nitrogens with zero attached hydrogens (tertiary/aromatic N) is 2. The van der Waals surface area contributed by atoms with E-state index in [1.807, 2.05) is 6.26 Å². The summed E-state index contributed by atoms with van der Waals surface area (Å²) in [4.78, 5) is 12.0. The molecule has 5 nitrogen and oxygen atoms in total. The summed E-state index contributed by atoms with van der Waals surface area (Å²) in [6.45, 7) is 2.00. The Labute approximate surface area is 136 Å². The highest BCUT2D eigenvalue weighted by atomic mass is 35.5. The quantitative estimate of drug-likeness (QED) is 0.676. The number of nitrogens with two attached hydrogens (primary N) is 1. The van der Waals surface area contributed by atoms with E-state index in [0.29, 0.717) is 20.8 Å². The molecule has 112 valence electrons. The molecular weight excluding hydrogens is 333 g/mol. The van der Waals surface area contributed by atoms with Crippen LogP contribution in [0, 0.1) is 0 Å². The summed E-state index contributed by atoms with van der Waals surface area (Å²) in [6.07, 6.45) is 1.81. The highest BCUT2D eigenvalue weighted by molar-refractivity contribution is 7.98. The van der Waals surface area contributed by atoms with Crippen LogP contribution in [-0.2, 0) is 4.74 Å². The lowest BCUT2D eigenvalue weighted by Crippen LogP contribution is -2.09. The second-order valence-electron chi connectivity index (χ2n) is 4.00. The van der Waals surface area contributed by atoms with Crippen LogP contribution in [0.4, 0.5) is 5.82 Å². The fraction of sp³-hybridized carbons (Fsp3) is 0.231. The van der Waals surface area contributed by atoms with E-state index in [0.717, 1.165) is 0 Å². The van der Waals surface area contributed by atoms with Crippen molar-refractivity contribution in [2.45, 2.75) is 11.9 Å². The molecule has 2 N–H and O–H groups in total. The first-order chi connectivity index (χ1) is 9.99. The molecule has 2 aromatic rings. The van der Waals surface area contributed by atoms with Gasteiger partial charge in [0.15, 0.2) is 0 Å². The molecule has 2 rings (SSSR count). The molecule has 1 aromatic carbocycles. The number of thioether (sulfide) groups is 1. The normalized spacial score (nSPS) is 10.7.